The maximum absolute atomic E-state index is 10.2. The van der Waals surface area contributed by atoms with Crippen LogP contribution in [0.1, 0.15) is 110 Å². The Labute approximate surface area is 217 Å². The van der Waals surface area contributed by atoms with Crippen molar-refractivity contribution in [3.63, 3.8) is 0 Å². The molecular formula is C23H43NaO7S. The molecule has 0 aliphatic carbocycles. The van der Waals surface area contributed by atoms with Crippen LogP contribution in [0, 0.1) is 6.92 Å². The third-order valence-electron chi connectivity index (χ3n) is 4.99. The fourth-order valence-electron chi connectivity index (χ4n) is 3.07. The Morgan fingerprint density at radius 1 is 0.812 bits per heavy atom. The molecule has 1 unspecified atom stereocenters. The SMILES string of the molecule is O=C(O)CC(C(=O)O)S(=O)(=O)O.[CH2-]C=C(CCCCCCCC)CCCCCCCC.[Na+]. The van der Waals surface area contributed by atoms with Gasteiger partial charge in [0.15, 0.2) is 5.25 Å². The zero-order valence-electron chi connectivity index (χ0n) is 20.4. The monoisotopic (exact) mass is 486 g/mol. The molecule has 0 saturated carbocycles. The fraction of sp³-hybridized carbons (Fsp3) is 0.783. The van der Waals surface area contributed by atoms with E-state index in [1.807, 2.05) is 0 Å². The minimum Gasteiger partial charge on any atom is -0.481 e. The summed E-state index contributed by atoms with van der Waals surface area (Å²) in [4.78, 5) is 20.0. The Morgan fingerprint density at radius 2 is 1.19 bits per heavy atom. The first-order chi connectivity index (χ1) is 14.6. The quantitative estimate of drug-likeness (QED) is 0.117. The number of allylic oxidation sites excluding steroid dienone is 2. The van der Waals surface area contributed by atoms with Gasteiger partial charge < -0.3 is 10.2 Å². The summed E-state index contributed by atoms with van der Waals surface area (Å²) < 4.78 is 28.7. The second-order valence-electron chi connectivity index (χ2n) is 7.84. The first-order valence-corrected chi connectivity index (χ1v) is 13.0. The molecule has 9 heteroatoms. The van der Waals surface area contributed by atoms with Gasteiger partial charge in [-0.25, -0.2) is 18.6 Å². The van der Waals surface area contributed by atoms with Crippen LogP contribution in [0.3, 0.4) is 0 Å². The summed E-state index contributed by atoms with van der Waals surface area (Å²) in [6.45, 7) is 8.54. The third kappa shape index (κ3) is 24.1. The van der Waals surface area contributed by atoms with E-state index < -0.39 is 33.7 Å². The van der Waals surface area contributed by atoms with E-state index in [0.717, 1.165) is 0 Å². The average Bonchev–Trinajstić information content (AvgIpc) is 2.69. The van der Waals surface area contributed by atoms with Gasteiger partial charge in [0.2, 0.25) is 0 Å². The summed E-state index contributed by atoms with van der Waals surface area (Å²) in [7, 11) is -4.84. The van der Waals surface area contributed by atoms with E-state index in [2.05, 4.69) is 26.8 Å². The van der Waals surface area contributed by atoms with Crippen LogP contribution in [0.15, 0.2) is 11.6 Å². The molecule has 0 aliphatic rings. The summed E-state index contributed by atoms with van der Waals surface area (Å²) in [5.74, 6) is -3.50. The zero-order chi connectivity index (χ0) is 24.1. The van der Waals surface area contributed by atoms with Crippen molar-refractivity contribution in [1.82, 2.24) is 0 Å². The van der Waals surface area contributed by atoms with Gasteiger partial charge in [-0.1, -0.05) is 104 Å². The maximum Gasteiger partial charge on any atom is 1.00 e. The number of hydrogen-bond acceptors (Lipinski definition) is 4. The van der Waals surface area contributed by atoms with E-state index >= 15 is 0 Å². The van der Waals surface area contributed by atoms with Gasteiger partial charge >= 0.3 is 41.5 Å². The van der Waals surface area contributed by atoms with Crippen molar-refractivity contribution in [2.75, 3.05) is 0 Å². The molecule has 0 spiro atoms. The molecule has 0 aliphatic heterocycles. The topological polar surface area (TPSA) is 129 Å². The van der Waals surface area contributed by atoms with Crippen LogP contribution >= 0.6 is 0 Å². The largest absolute Gasteiger partial charge is 1.00 e. The van der Waals surface area contributed by atoms with Crippen LogP contribution in [0.5, 0.6) is 0 Å². The van der Waals surface area contributed by atoms with Gasteiger partial charge in [0.05, 0.1) is 6.42 Å². The summed E-state index contributed by atoms with van der Waals surface area (Å²) in [5.41, 5.74) is 1.60. The van der Waals surface area contributed by atoms with Crippen LogP contribution in [-0.4, -0.2) is 40.4 Å². The number of carbonyl (C=O) groups is 2. The number of unbranched alkanes of at least 4 members (excludes halogenated alkanes) is 10. The van der Waals surface area contributed by atoms with E-state index in [1.54, 1.807) is 5.57 Å². The van der Waals surface area contributed by atoms with E-state index in [0.29, 0.717) is 0 Å². The minimum absolute atomic E-state index is 0. The first kappa shape index (κ1) is 36.0. The molecule has 0 radical (unpaired) electrons. The van der Waals surface area contributed by atoms with Crippen molar-refractivity contribution in [3.8, 4) is 0 Å². The summed E-state index contributed by atoms with van der Waals surface area (Å²) >= 11 is 0. The van der Waals surface area contributed by atoms with Gasteiger partial charge in [-0.15, -0.1) is 0 Å². The standard InChI is InChI=1S/C19H37.C4H6O7S.Na/c1-4-7-9-11-13-15-17-19(6-3)18-16-14-12-10-8-5-2;5-3(6)1-2(4(7)8)12(9,10)11;/h6H,3-5,7-18H2,1-2H3;2H,1H2,(H,5,6)(H,7,8)(H,9,10,11);/q-1;;+1. The Balaban J connectivity index is -0.000000561. The van der Waals surface area contributed by atoms with Crippen molar-refractivity contribution in [2.24, 2.45) is 0 Å². The Morgan fingerprint density at radius 3 is 1.44 bits per heavy atom. The normalized spacial score (nSPS) is 11.5. The number of carboxylic acid groups (broad SMARTS) is 2. The molecule has 0 heterocycles. The Bertz CT molecular complexity index is 585. The summed E-state index contributed by atoms with van der Waals surface area (Å²) in [5, 5.41) is 13.9. The van der Waals surface area contributed by atoms with E-state index in [1.165, 1.54) is 89.9 Å². The van der Waals surface area contributed by atoms with E-state index in [-0.39, 0.29) is 29.6 Å². The molecule has 0 fully saturated rings. The van der Waals surface area contributed by atoms with Crippen LogP contribution in [0.2, 0.25) is 0 Å². The van der Waals surface area contributed by atoms with Crippen molar-refractivity contribution >= 4 is 22.1 Å². The first-order valence-electron chi connectivity index (χ1n) is 11.5. The molecule has 7 nitrogen and oxygen atoms in total. The number of hydrogen-bond donors (Lipinski definition) is 3. The van der Waals surface area contributed by atoms with E-state index in [9.17, 15) is 18.0 Å². The molecule has 1 atom stereocenters. The molecule has 0 aromatic rings. The number of rotatable bonds is 18. The van der Waals surface area contributed by atoms with Crippen LogP contribution < -0.4 is 29.6 Å². The molecule has 0 bridgehead atoms. The van der Waals surface area contributed by atoms with Crippen LogP contribution in [0.25, 0.3) is 0 Å². The summed E-state index contributed by atoms with van der Waals surface area (Å²) in [6, 6.07) is 0. The Hall–Kier alpha value is -0.540. The molecule has 0 amide bonds. The van der Waals surface area contributed by atoms with Crippen molar-refractivity contribution in [1.29, 1.82) is 0 Å². The van der Waals surface area contributed by atoms with Gasteiger partial charge in [-0.05, 0) is 0 Å². The number of aliphatic carboxylic acids is 2. The third-order valence-corrected chi connectivity index (χ3v) is 6.07. The average molecular weight is 487 g/mol. The maximum atomic E-state index is 10.2. The van der Waals surface area contributed by atoms with Crippen LogP contribution in [-0.2, 0) is 19.7 Å². The van der Waals surface area contributed by atoms with Gasteiger partial charge in [0, 0.05) is 0 Å². The molecule has 3 N–H and O–H groups in total. The molecular weight excluding hydrogens is 443 g/mol. The molecule has 0 rings (SSSR count). The Kier molecular flexibility index (Phi) is 26.6. The van der Waals surface area contributed by atoms with Gasteiger partial charge in [0.25, 0.3) is 10.1 Å². The van der Waals surface area contributed by atoms with Crippen molar-refractivity contribution in [3.05, 3.63) is 18.6 Å². The molecule has 0 saturated heterocycles. The molecule has 0 aromatic carbocycles. The molecule has 184 valence electrons. The summed E-state index contributed by atoms with van der Waals surface area (Å²) in [6.07, 6.45) is 20.4. The van der Waals surface area contributed by atoms with Gasteiger partial charge in [-0.3, -0.25) is 14.1 Å². The molecule has 0 aromatic heterocycles. The second kappa shape index (κ2) is 23.6. The van der Waals surface area contributed by atoms with Gasteiger partial charge in [-0.2, -0.15) is 8.42 Å². The van der Waals surface area contributed by atoms with Crippen molar-refractivity contribution in [2.45, 2.75) is 115 Å². The van der Waals surface area contributed by atoms with Gasteiger partial charge in [0.1, 0.15) is 0 Å². The van der Waals surface area contributed by atoms with E-state index in [4.69, 9.17) is 14.8 Å². The fourth-order valence-corrected chi connectivity index (χ4v) is 3.68. The zero-order valence-corrected chi connectivity index (χ0v) is 23.2. The number of carboxylic acids is 2. The minimum atomic E-state index is -4.84. The smallest absolute Gasteiger partial charge is 0.481 e. The van der Waals surface area contributed by atoms with Crippen LogP contribution in [0.4, 0.5) is 0 Å². The predicted octanol–water partition coefficient (Wildman–Crippen LogP) is 3.05. The van der Waals surface area contributed by atoms with Crippen molar-refractivity contribution < 1.29 is 62.3 Å². The predicted molar refractivity (Wildman–Crippen MR) is 125 cm³/mol. The second-order valence-corrected chi connectivity index (χ2v) is 9.44. The molecule has 32 heavy (non-hydrogen) atoms.